The molecular weight excluding hydrogens is 633 g/mol. The summed E-state index contributed by atoms with van der Waals surface area (Å²) in [7, 11) is 0. The first kappa shape index (κ1) is 33.1. The molecule has 0 saturated carbocycles. The molecule has 6 rings (SSSR count). The van der Waals surface area contributed by atoms with Crippen molar-refractivity contribution in [1.29, 1.82) is 0 Å². The maximum atomic E-state index is 14.6. The van der Waals surface area contributed by atoms with Gasteiger partial charge in [-0.25, -0.2) is 13.2 Å². The maximum Gasteiger partial charge on any atom is 0.166 e. The zero-order valence-electron chi connectivity index (χ0n) is 26.7. The second-order valence-corrected chi connectivity index (χ2v) is 11.4. The summed E-state index contributed by atoms with van der Waals surface area (Å²) < 4.78 is 61.2. The summed E-state index contributed by atoms with van der Waals surface area (Å²) >= 11 is 0. The molecule has 0 aliphatic carbocycles. The van der Waals surface area contributed by atoms with E-state index in [2.05, 4.69) is 17.8 Å². The normalized spacial score (nSPS) is 10.7. The number of hydrogen-bond donors (Lipinski definition) is 0. The first-order chi connectivity index (χ1) is 24.2. The Morgan fingerprint density at radius 2 is 0.680 bits per heavy atom. The van der Waals surface area contributed by atoms with Crippen LogP contribution in [0.25, 0.3) is 0 Å². The molecule has 0 aliphatic rings. The van der Waals surface area contributed by atoms with E-state index >= 15 is 0 Å². The highest BCUT2D eigenvalue weighted by Crippen LogP contribution is 2.42. The molecule has 0 spiro atoms. The molecule has 0 bridgehead atoms. The van der Waals surface area contributed by atoms with Crippen molar-refractivity contribution in [2.24, 2.45) is 0 Å². The van der Waals surface area contributed by atoms with Crippen LogP contribution in [0, 0.1) is 54.5 Å². The van der Waals surface area contributed by atoms with E-state index in [0.717, 1.165) is 16.7 Å². The quantitative estimate of drug-likeness (QED) is 0.114. The summed E-state index contributed by atoms with van der Waals surface area (Å²) in [5.74, 6) is 6.89. The first-order valence-corrected chi connectivity index (χ1v) is 15.3. The summed E-state index contributed by atoms with van der Waals surface area (Å²) in [5, 5.41) is 0. The highest BCUT2D eigenvalue weighted by molar-refractivity contribution is 5.53. The summed E-state index contributed by atoms with van der Waals surface area (Å²) in [4.78, 5) is 0. The van der Waals surface area contributed by atoms with Crippen LogP contribution >= 0.6 is 0 Å². The minimum atomic E-state index is -0.755. The fourth-order valence-corrected chi connectivity index (χ4v) is 5.47. The van der Waals surface area contributed by atoms with Crippen molar-refractivity contribution in [1.82, 2.24) is 0 Å². The number of ether oxygens (including phenoxy) is 3. The van der Waals surface area contributed by atoms with Crippen LogP contribution in [0.5, 0.6) is 34.5 Å². The standard InChI is InChI=1S/C44H27F3O3/c1-5-29-8-23-41(38(45)26-29)48-35-17-11-32(12-18-35)44(4,33-13-19-36(20-14-33)49-42-24-9-30(6-2)27-39(42)46)34-15-21-37(22-16-34)50-43-25-10-31(7-3)28-40(43)47/h1-3,8-28H,4H3. The highest BCUT2D eigenvalue weighted by atomic mass is 19.1. The van der Waals surface area contributed by atoms with E-state index < -0.39 is 22.9 Å². The fourth-order valence-electron chi connectivity index (χ4n) is 5.47. The lowest BCUT2D eigenvalue weighted by Gasteiger charge is -2.32. The third-order valence-corrected chi connectivity index (χ3v) is 8.27. The molecule has 6 aromatic rings. The largest absolute Gasteiger partial charge is 0.454 e. The van der Waals surface area contributed by atoms with Gasteiger partial charge in [-0.2, -0.15) is 0 Å². The summed E-state index contributed by atoms with van der Waals surface area (Å²) in [6.07, 6.45) is 16.1. The Labute approximate surface area is 288 Å². The van der Waals surface area contributed by atoms with Gasteiger partial charge in [0.1, 0.15) is 17.2 Å². The lowest BCUT2D eigenvalue weighted by atomic mass is 9.71. The van der Waals surface area contributed by atoms with Gasteiger partial charge in [0.05, 0.1) is 0 Å². The number of terminal acetylenes is 3. The van der Waals surface area contributed by atoms with Crippen LogP contribution in [0.1, 0.15) is 40.3 Å². The Balaban J connectivity index is 1.33. The Morgan fingerprint density at radius 3 is 0.900 bits per heavy atom. The van der Waals surface area contributed by atoms with Crippen molar-refractivity contribution in [3.8, 4) is 71.5 Å². The van der Waals surface area contributed by atoms with Gasteiger partial charge in [0.2, 0.25) is 0 Å². The first-order valence-electron chi connectivity index (χ1n) is 15.3. The van der Waals surface area contributed by atoms with Crippen LogP contribution in [0.3, 0.4) is 0 Å². The monoisotopic (exact) mass is 660 g/mol. The second kappa shape index (κ2) is 14.1. The lowest BCUT2D eigenvalue weighted by Crippen LogP contribution is -2.25. The maximum absolute atomic E-state index is 14.6. The number of hydrogen-bond acceptors (Lipinski definition) is 3. The van der Waals surface area contributed by atoms with E-state index in [4.69, 9.17) is 33.5 Å². The van der Waals surface area contributed by atoms with Crippen molar-refractivity contribution >= 4 is 0 Å². The van der Waals surface area contributed by atoms with E-state index in [1.165, 1.54) is 36.4 Å². The smallest absolute Gasteiger partial charge is 0.166 e. The van der Waals surface area contributed by atoms with E-state index in [1.807, 2.05) is 43.3 Å². The van der Waals surface area contributed by atoms with Gasteiger partial charge in [-0.3, -0.25) is 0 Å². The molecule has 0 radical (unpaired) electrons. The van der Waals surface area contributed by atoms with Crippen LogP contribution in [-0.2, 0) is 5.41 Å². The predicted molar refractivity (Wildman–Crippen MR) is 188 cm³/mol. The molecule has 50 heavy (non-hydrogen) atoms. The molecule has 0 heterocycles. The Hall–Kier alpha value is -6.81. The van der Waals surface area contributed by atoms with E-state index in [-0.39, 0.29) is 17.2 Å². The molecule has 0 amide bonds. The van der Waals surface area contributed by atoms with Gasteiger partial charge < -0.3 is 14.2 Å². The Kier molecular flexibility index (Phi) is 9.35. The topological polar surface area (TPSA) is 27.7 Å². The average Bonchev–Trinajstić information content (AvgIpc) is 3.14. The van der Waals surface area contributed by atoms with Gasteiger partial charge in [-0.15, -0.1) is 19.3 Å². The molecule has 0 aliphatic heterocycles. The Morgan fingerprint density at radius 1 is 0.420 bits per heavy atom. The van der Waals surface area contributed by atoms with E-state index in [9.17, 15) is 13.2 Å². The van der Waals surface area contributed by atoms with Crippen LogP contribution in [-0.4, -0.2) is 0 Å². The zero-order chi connectivity index (χ0) is 35.3. The summed E-state index contributed by atoms with van der Waals surface area (Å²) in [6.45, 7) is 2.04. The molecule has 0 atom stereocenters. The SMILES string of the molecule is C#Cc1ccc(Oc2ccc(C(C)(c3ccc(Oc4ccc(C#C)cc4F)cc3)c3ccc(Oc4ccc(C#C)cc4F)cc3)cc2)c(F)c1. The van der Waals surface area contributed by atoms with Crippen molar-refractivity contribution in [3.05, 3.63) is 178 Å². The van der Waals surface area contributed by atoms with Gasteiger partial charge in [0.25, 0.3) is 0 Å². The minimum Gasteiger partial charge on any atom is -0.454 e. The summed E-state index contributed by atoms with van der Waals surface area (Å²) in [6, 6.07) is 34.9. The molecule has 0 fully saturated rings. The average molecular weight is 661 g/mol. The molecule has 3 nitrogen and oxygen atoms in total. The minimum absolute atomic E-state index is 0.0430. The van der Waals surface area contributed by atoms with Crippen LogP contribution in [0.4, 0.5) is 13.2 Å². The summed E-state index contributed by atoms with van der Waals surface area (Å²) in [5.41, 5.74) is 3.11. The Bertz CT molecular complexity index is 2040. The van der Waals surface area contributed by atoms with E-state index in [0.29, 0.717) is 33.9 Å². The van der Waals surface area contributed by atoms with Crippen molar-refractivity contribution in [2.45, 2.75) is 12.3 Å². The molecule has 6 aromatic carbocycles. The number of halogens is 3. The van der Waals surface area contributed by atoms with Crippen molar-refractivity contribution < 1.29 is 27.4 Å². The van der Waals surface area contributed by atoms with Gasteiger partial charge in [-0.05, 0) is 115 Å². The van der Waals surface area contributed by atoms with Crippen molar-refractivity contribution in [3.63, 3.8) is 0 Å². The predicted octanol–water partition coefficient (Wildman–Crippen LogP) is 10.8. The van der Waals surface area contributed by atoms with E-state index in [1.54, 1.807) is 54.6 Å². The third-order valence-electron chi connectivity index (χ3n) is 8.27. The number of benzene rings is 6. The van der Waals surface area contributed by atoms with Crippen molar-refractivity contribution in [2.75, 3.05) is 0 Å². The lowest BCUT2D eigenvalue weighted by molar-refractivity contribution is 0.441. The third kappa shape index (κ3) is 6.90. The number of rotatable bonds is 9. The molecule has 6 heteroatoms. The zero-order valence-corrected chi connectivity index (χ0v) is 26.7. The molecule has 0 aromatic heterocycles. The van der Waals surface area contributed by atoms with Gasteiger partial charge in [0.15, 0.2) is 34.7 Å². The van der Waals surface area contributed by atoms with Gasteiger partial charge in [-0.1, -0.05) is 54.2 Å². The molecule has 0 N–H and O–H groups in total. The van der Waals surface area contributed by atoms with Crippen LogP contribution < -0.4 is 14.2 Å². The molecular formula is C44H27F3O3. The van der Waals surface area contributed by atoms with Crippen LogP contribution in [0.2, 0.25) is 0 Å². The van der Waals surface area contributed by atoms with Gasteiger partial charge >= 0.3 is 0 Å². The van der Waals surface area contributed by atoms with Crippen LogP contribution in [0.15, 0.2) is 127 Å². The van der Waals surface area contributed by atoms with Gasteiger partial charge in [0, 0.05) is 22.1 Å². The molecule has 0 saturated heterocycles. The molecule has 0 unspecified atom stereocenters. The molecule has 242 valence electrons. The highest BCUT2D eigenvalue weighted by Gasteiger charge is 2.31. The fraction of sp³-hybridized carbons (Fsp3) is 0.0455. The second-order valence-electron chi connectivity index (χ2n) is 11.4.